The van der Waals surface area contributed by atoms with Crippen LogP contribution in [0.1, 0.15) is 32.3 Å². The summed E-state index contributed by atoms with van der Waals surface area (Å²) in [6.07, 6.45) is -3.48. The van der Waals surface area contributed by atoms with E-state index in [1.807, 2.05) is 18.2 Å². The number of rotatable bonds is 9. The van der Waals surface area contributed by atoms with Gasteiger partial charge in [-0.3, -0.25) is 4.79 Å². The molecule has 182 valence electrons. The second kappa shape index (κ2) is 10.9. The van der Waals surface area contributed by atoms with Crippen LogP contribution >= 0.6 is 0 Å². The van der Waals surface area contributed by atoms with E-state index < -0.39 is 54.3 Å². The topological polar surface area (TPSA) is 142 Å². The summed E-state index contributed by atoms with van der Waals surface area (Å²) in [5.41, 5.74) is 0.791. The van der Waals surface area contributed by atoms with Crippen molar-refractivity contribution in [2.75, 3.05) is 13.7 Å². The summed E-state index contributed by atoms with van der Waals surface area (Å²) in [4.78, 5) is 36.7. The molecule has 2 fully saturated rings. The van der Waals surface area contributed by atoms with Crippen molar-refractivity contribution >= 4 is 18.0 Å². The highest BCUT2D eigenvalue weighted by molar-refractivity contribution is 5.82. The maximum absolute atomic E-state index is 12.5. The fraction of sp³-hybridized carbons (Fsp3) is 0.591. The molecule has 2 saturated heterocycles. The number of aliphatic hydroxyl groups is 1. The van der Waals surface area contributed by atoms with Gasteiger partial charge in [0.25, 0.3) is 0 Å². The molecule has 5 atom stereocenters. The lowest BCUT2D eigenvalue weighted by molar-refractivity contribution is -0.194. The number of esters is 1. The van der Waals surface area contributed by atoms with Gasteiger partial charge in [0.2, 0.25) is 5.91 Å². The first-order valence-corrected chi connectivity index (χ1v) is 10.7. The number of methoxy groups -OCH3 is 1. The summed E-state index contributed by atoms with van der Waals surface area (Å²) in [6.45, 7) is 3.23. The first-order valence-electron chi connectivity index (χ1n) is 10.7. The summed E-state index contributed by atoms with van der Waals surface area (Å²) in [5.74, 6) is -2.00. The minimum absolute atomic E-state index is 0.0218. The van der Waals surface area contributed by atoms with E-state index in [4.69, 9.17) is 23.7 Å². The molecule has 3 N–H and O–H groups in total. The van der Waals surface area contributed by atoms with Gasteiger partial charge in [-0.2, -0.15) is 0 Å². The number of carbonyl (C=O) groups excluding carboxylic acids is 3. The maximum Gasteiger partial charge on any atom is 0.408 e. The third-order valence-electron chi connectivity index (χ3n) is 5.28. The molecular formula is C22H30N2O9. The van der Waals surface area contributed by atoms with Crippen LogP contribution in [0, 0.1) is 0 Å². The van der Waals surface area contributed by atoms with Gasteiger partial charge in [0.1, 0.15) is 31.0 Å². The Hall–Kier alpha value is -2.73. The van der Waals surface area contributed by atoms with Crippen molar-refractivity contribution in [1.82, 2.24) is 10.6 Å². The van der Waals surface area contributed by atoms with Gasteiger partial charge in [0.05, 0.1) is 13.7 Å². The molecule has 0 saturated carbocycles. The Labute approximate surface area is 191 Å². The van der Waals surface area contributed by atoms with E-state index in [-0.39, 0.29) is 26.1 Å². The molecule has 1 unspecified atom stereocenters. The molecule has 1 aromatic rings. The van der Waals surface area contributed by atoms with Crippen LogP contribution in [0.3, 0.4) is 0 Å². The molecule has 33 heavy (non-hydrogen) atoms. The lowest BCUT2D eigenvalue weighted by Crippen LogP contribution is -2.45. The molecule has 2 heterocycles. The van der Waals surface area contributed by atoms with E-state index in [1.54, 1.807) is 26.0 Å². The average molecular weight is 466 g/mol. The lowest BCUT2D eigenvalue weighted by atomic mass is 10.1. The van der Waals surface area contributed by atoms with Crippen LogP contribution in [-0.2, 0) is 39.9 Å². The Morgan fingerprint density at radius 2 is 1.85 bits per heavy atom. The first-order chi connectivity index (χ1) is 15.7. The Balaban J connectivity index is 1.49. The van der Waals surface area contributed by atoms with E-state index in [0.29, 0.717) is 0 Å². The van der Waals surface area contributed by atoms with Gasteiger partial charge in [-0.1, -0.05) is 30.3 Å². The van der Waals surface area contributed by atoms with Gasteiger partial charge >= 0.3 is 12.1 Å². The van der Waals surface area contributed by atoms with Crippen LogP contribution < -0.4 is 10.6 Å². The average Bonchev–Trinajstić information content (AvgIpc) is 3.28. The van der Waals surface area contributed by atoms with Crippen LogP contribution in [0.25, 0.3) is 0 Å². The number of nitrogens with one attached hydrogen (secondary N) is 2. The molecule has 1 aromatic carbocycles. The van der Waals surface area contributed by atoms with Crippen molar-refractivity contribution in [2.45, 2.75) is 69.7 Å². The number of benzene rings is 1. The van der Waals surface area contributed by atoms with E-state index in [2.05, 4.69) is 10.6 Å². The second-order valence-corrected chi connectivity index (χ2v) is 8.23. The molecule has 0 spiro atoms. The summed E-state index contributed by atoms with van der Waals surface area (Å²) >= 11 is 0. The van der Waals surface area contributed by atoms with Crippen LogP contribution in [0.15, 0.2) is 30.3 Å². The van der Waals surface area contributed by atoms with Gasteiger partial charge in [-0.15, -0.1) is 0 Å². The smallest absolute Gasteiger partial charge is 0.408 e. The molecule has 0 aliphatic carbocycles. The lowest BCUT2D eigenvalue weighted by Gasteiger charge is -2.24. The highest BCUT2D eigenvalue weighted by Crippen LogP contribution is 2.37. The number of alkyl carbamates (subject to hydrolysis) is 1. The van der Waals surface area contributed by atoms with Crippen LogP contribution in [0.5, 0.6) is 0 Å². The fourth-order valence-electron chi connectivity index (χ4n) is 3.75. The quantitative estimate of drug-likeness (QED) is 0.446. The molecule has 2 aliphatic rings. The predicted octanol–water partition coefficient (Wildman–Crippen LogP) is 0.588. The van der Waals surface area contributed by atoms with Crippen molar-refractivity contribution in [1.29, 1.82) is 0 Å². The van der Waals surface area contributed by atoms with Crippen LogP contribution in [0.4, 0.5) is 4.79 Å². The zero-order valence-corrected chi connectivity index (χ0v) is 18.8. The number of hydrogen-bond donors (Lipinski definition) is 3. The molecule has 2 aliphatic heterocycles. The molecule has 3 rings (SSSR count). The Kier molecular flexibility index (Phi) is 8.25. The maximum atomic E-state index is 12.5. The molecular weight excluding hydrogens is 436 g/mol. The van der Waals surface area contributed by atoms with E-state index >= 15 is 0 Å². The SMILES string of the molecule is COC(=O)[C@H](CCC(=O)NC1O[C@H](CO)[C@H]2OC(C)(C)O[C@@H]12)NC(=O)OCc1ccccc1. The van der Waals surface area contributed by atoms with Crippen molar-refractivity contribution in [3.05, 3.63) is 35.9 Å². The molecule has 11 nitrogen and oxygen atoms in total. The minimum atomic E-state index is -1.07. The van der Waals surface area contributed by atoms with Gasteiger partial charge in [0, 0.05) is 6.42 Å². The number of aliphatic hydroxyl groups excluding tert-OH is 1. The number of ether oxygens (including phenoxy) is 5. The van der Waals surface area contributed by atoms with E-state index in [1.165, 1.54) is 7.11 Å². The third-order valence-corrected chi connectivity index (χ3v) is 5.28. The summed E-state index contributed by atoms with van der Waals surface area (Å²) in [5, 5.41) is 14.6. The summed E-state index contributed by atoms with van der Waals surface area (Å²) < 4.78 is 27.0. The van der Waals surface area contributed by atoms with Crippen molar-refractivity contribution in [3.8, 4) is 0 Å². The molecule has 0 radical (unpaired) electrons. The van der Waals surface area contributed by atoms with Crippen molar-refractivity contribution in [2.24, 2.45) is 0 Å². The van der Waals surface area contributed by atoms with Crippen LogP contribution in [-0.4, -0.2) is 73.2 Å². The second-order valence-electron chi connectivity index (χ2n) is 8.23. The van der Waals surface area contributed by atoms with E-state index in [9.17, 15) is 19.5 Å². The normalized spacial score (nSPS) is 26.2. The summed E-state index contributed by atoms with van der Waals surface area (Å²) in [6, 6.07) is 8.00. The Bertz CT molecular complexity index is 832. The van der Waals surface area contributed by atoms with E-state index in [0.717, 1.165) is 5.56 Å². The minimum Gasteiger partial charge on any atom is -0.467 e. The van der Waals surface area contributed by atoms with Gasteiger partial charge < -0.3 is 39.4 Å². The highest BCUT2D eigenvalue weighted by Gasteiger charge is 2.55. The Morgan fingerprint density at radius 1 is 1.15 bits per heavy atom. The number of amides is 2. The first kappa shape index (κ1) is 24.9. The zero-order chi connectivity index (χ0) is 24.0. The monoisotopic (exact) mass is 466 g/mol. The van der Waals surface area contributed by atoms with Gasteiger partial charge in [0.15, 0.2) is 12.0 Å². The van der Waals surface area contributed by atoms with Crippen molar-refractivity contribution in [3.63, 3.8) is 0 Å². The Morgan fingerprint density at radius 3 is 2.52 bits per heavy atom. The number of carbonyl (C=O) groups is 3. The fourth-order valence-corrected chi connectivity index (χ4v) is 3.75. The number of hydrogen-bond acceptors (Lipinski definition) is 9. The zero-order valence-electron chi connectivity index (χ0n) is 18.8. The standard InChI is InChI=1S/C22H30N2O9/c1-22(2)32-17-15(11-25)31-19(18(17)33-22)24-16(26)10-9-14(20(27)29-3)23-21(28)30-12-13-7-5-4-6-8-13/h4-8,14-15,17-19,25H,9-12H2,1-3H3,(H,23,28)(H,24,26)/t14-,15+,17+,18+,19?/m0/s1. The predicted molar refractivity (Wildman–Crippen MR) is 113 cm³/mol. The molecule has 0 aromatic heterocycles. The number of fused-ring (bicyclic) bond motifs is 1. The van der Waals surface area contributed by atoms with Crippen LogP contribution in [0.2, 0.25) is 0 Å². The third kappa shape index (κ3) is 6.64. The van der Waals surface area contributed by atoms with Gasteiger partial charge in [-0.05, 0) is 25.8 Å². The highest BCUT2D eigenvalue weighted by atomic mass is 16.8. The summed E-state index contributed by atoms with van der Waals surface area (Å²) in [7, 11) is 1.19. The molecule has 0 bridgehead atoms. The van der Waals surface area contributed by atoms with Crippen molar-refractivity contribution < 1.29 is 43.2 Å². The molecule has 11 heteroatoms. The largest absolute Gasteiger partial charge is 0.467 e. The molecule has 2 amide bonds. The van der Waals surface area contributed by atoms with Gasteiger partial charge in [-0.25, -0.2) is 9.59 Å².